The lowest BCUT2D eigenvalue weighted by Crippen LogP contribution is -2.43. The molecule has 1 saturated heterocycles. The number of carbonyl (C=O) groups is 1. The smallest absolute Gasteiger partial charge is 0.335 e. The van der Waals surface area contributed by atoms with E-state index in [9.17, 15) is 13.2 Å². The molecular weight excluding hydrogens is 370 g/mol. The van der Waals surface area contributed by atoms with Crippen molar-refractivity contribution in [2.45, 2.75) is 22.5 Å². The molecule has 0 bridgehead atoms. The third kappa shape index (κ3) is 4.66. The first-order chi connectivity index (χ1) is 12.3. The highest BCUT2D eigenvalue weighted by Crippen LogP contribution is 2.36. The SMILES string of the molecule is CS(=O)(=O)N1CC(Sc2ccc(C(=O)O)cc2)CC(c2ccccc2)C1. The van der Waals surface area contributed by atoms with E-state index in [1.807, 2.05) is 30.3 Å². The van der Waals surface area contributed by atoms with Crippen LogP contribution in [0, 0.1) is 0 Å². The first kappa shape index (κ1) is 18.9. The zero-order chi connectivity index (χ0) is 18.7. The summed E-state index contributed by atoms with van der Waals surface area (Å²) in [6.45, 7) is 0.964. The van der Waals surface area contributed by atoms with Gasteiger partial charge >= 0.3 is 5.97 Å². The number of nitrogens with zero attached hydrogens (tertiary/aromatic N) is 1. The number of hydrogen-bond donors (Lipinski definition) is 1. The number of piperidine rings is 1. The highest BCUT2D eigenvalue weighted by atomic mass is 32.2. The fourth-order valence-corrected chi connectivity index (χ4v) is 5.46. The molecule has 2 aromatic carbocycles. The monoisotopic (exact) mass is 391 g/mol. The molecule has 0 aliphatic carbocycles. The Bertz CT molecular complexity index is 866. The lowest BCUT2D eigenvalue weighted by molar-refractivity contribution is 0.0697. The van der Waals surface area contributed by atoms with Crippen molar-refractivity contribution < 1.29 is 18.3 Å². The summed E-state index contributed by atoms with van der Waals surface area (Å²) in [6, 6.07) is 16.7. The molecule has 1 aliphatic heterocycles. The summed E-state index contributed by atoms with van der Waals surface area (Å²) in [7, 11) is -3.27. The quantitative estimate of drug-likeness (QED) is 0.846. The number of sulfonamides is 1. The Morgan fingerprint density at radius 1 is 1.08 bits per heavy atom. The number of carboxylic acids is 1. The number of thioether (sulfide) groups is 1. The van der Waals surface area contributed by atoms with E-state index in [1.54, 1.807) is 40.3 Å². The fourth-order valence-electron chi connectivity index (χ4n) is 3.21. The van der Waals surface area contributed by atoms with E-state index in [0.29, 0.717) is 13.1 Å². The van der Waals surface area contributed by atoms with Crippen LogP contribution in [0.5, 0.6) is 0 Å². The van der Waals surface area contributed by atoms with Crippen LogP contribution in [0.2, 0.25) is 0 Å². The normalized spacial score (nSPS) is 21.4. The number of carboxylic acid groups (broad SMARTS) is 1. The van der Waals surface area contributed by atoms with Gasteiger partial charge in [0.1, 0.15) is 0 Å². The predicted octanol–water partition coefficient (Wildman–Crippen LogP) is 3.29. The molecule has 2 atom stereocenters. The number of rotatable bonds is 5. The zero-order valence-corrected chi connectivity index (χ0v) is 16.0. The van der Waals surface area contributed by atoms with E-state index in [1.165, 1.54) is 6.26 Å². The topological polar surface area (TPSA) is 74.7 Å². The minimum Gasteiger partial charge on any atom is -0.478 e. The maximum atomic E-state index is 12.1. The summed E-state index contributed by atoms with van der Waals surface area (Å²) in [6.07, 6.45) is 2.13. The van der Waals surface area contributed by atoms with Crippen LogP contribution in [0.15, 0.2) is 59.5 Å². The molecule has 0 spiro atoms. The molecule has 0 aromatic heterocycles. The first-order valence-corrected chi connectivity index (χ1v) is 11.1. The molecule has 0 radical (unpaired) electrons. The van der Waals surface area contributed by atoms with Gasteiger partial charge in [-0.25, -0.2) is 17.5 Å². The van der Waals surface area contributed by atoms with Gasteiger partial charge < -0.3 is 5.11 Å². The van der Waals surface area contributed by atoms with Crippen molar-refractivity contribution in [3.63, 3.8) is 0 Å². The molecule has 3 rings (SSSR count). The predicted molar refractivity (Wildman–Crippen MR) is 103 cm³/mol. The molecule has 0 saturated carbocycles. The Labute approximate surface area is 158 Å². The summed E-state index contributed by atoms with van der Waals surface area (Å²) in [5.74, 6) is -0.804. The van der Waals surface area contributed by atoms with Crippen LogP contribution in [0.4, 0.5) is 0 Å². The maximum Gasteiger partial charge on any atom is 0.335 e. The molecule has 2 unspecified atom stereocenters. The largest absolute Gasteiger partial charge is 0.478 e. The van der Waals surface area contributed by atoms with Crippen molar-refractivity contribution in [3.05, 3.63) is 65.7 Å². The van der Waals surface area contributed by atoms with Gasteiger partial charge in [-0.05, 0) is 42.2 Å². The van der Waals surface area contributed by atoms with Crippen LogP contribution in [-0.4, -0.2) is 48.4 Å². The van der Waals surface area contributed by atoms with Crippen LogP contribution in [0.1, 0.15) is 28.3 Å². The Balaban J connectivity index is 1.79. The van der Waals surface area contributed by atoms with E-state index in [4.69, 9.17) is 5.11 Å². The summed E-state index contributed by atoms with van der Waals surface area (Å²) >= 11 is 1.60. The van der Waals surface area contributed by atoms with Gasteiger partial charge in [0, 0.05) is 23.2 Å². The first-order valence-electron chi connectivity index (χ1n) is 8.33. The van der Waals surface area contributed by atoms with Crippen molar-refractivity contribution in [1.82, 2.24) is 4.31 Å². The van der Waals surface area contributed by atoms with Crippen molar-refractivity contribution in [2.24, 2.45) is 0 Å². The van der Waals surface area contributed by atoms with Gasteiger partial charge in [-0.2, -0.15) is 0 Å². The van der Waals surface area contributed by atoms with Crippen molar-refractivity contribution in [1.29, 1.82) is 0 Å². The van der Waals surface area contributed by atoms with E-state index >= 15 is 0 Å². The van der Waals surface area contributed by atoms with Gasteiger partial charge in [-0.3, -0.25) is 0 Å². The molecule has 26 heavy (non-hydrogen) atoms. The van der Waals surface area contributed by atoms with E-state index in [-0.39, 0.29) is 16.7 Å². The van der Waals surface area contributed by atoms with Crippen LogP contribution in [-0.2, 0) is 10.0 Å². The second-order valence-corrected chi connectivity index (χ2v) is 9.85. The van der Waals surface area contributed by atoms with E-state index in [2.05, 4.69) is 0 Å². The average molecular weight is 392 g/mol. The number of aromatic carboxylic acids is 1. The highest BCUT2D eigenvalue weighted by molar-refractivity contribution is 8.00. The average Bonchev–Trinajstić information content (AvgIpc) is 2.62. The lowest BCUT2D eigenvalue weighted by atomic mass is 9.91. The number of benzene rings is 2. The summed E-state index contributed by atoms with van der Waals surface area (Å²) in [4.78, 5) is 11.9. The third-order valence-corrected chi connectivity index (χ3v) is 6.98. The molecule has 138 valence electrons. The highest BCUT2D eigenvalue weighted by Gasteiger charge is 2.33. The second-order valence-electron chi connectivity index (χ2n) is 6.49. The minimum atomic E-state index is -3.27. The molecular formula is C19H21NO4S2. The summed E-state index contributed by atoms with van der Waals surface area (Å²) < 4.78 is 25.8. The minimum absolute atomic E-state index is 0.111. The zero-order valence-electron chi connectivity index (χ0n) is 14.4. The van der Waals surface area contributed by atoms with E-state index in [0.717, 1.165) is 16.9 Å². The van der Waals surface area contributed by atoms with E-state index < -0.39 is 16.0 Å². The molecule has 1 fully saturated rings. The molecule has 7 heteroatoms. The van der Waals surface area contributed by atoms with Crippen molar-refractivity contribution in [3.8, 4) is 0 Å². The Morgan fingerprint density at radius 2 is 1.73 bits per heavy atom. The Kier molecular flexibility index (Phi) is 5.70. The standard InChI is InChI=1S/C19H21NO4S2/c1-26(23,24)20-12-16(14-5-3-2-4-6-14)11-18(13-20)25-17-9-7-15(8-10-17)19(21)22/h2-10,16,18H,11-13H2,1H3,(H,21,22). The number of hydrogen-bond acceptors (Lipinski definition) is 4. The Morgan fingerprint density at radius 3 is 2.31 bits per heavy atom. The van der Waals surface area contributed by atoms with Gasteiger partial charge in [0.05, 0.1) is 11.8 Å². The van der Waals surface area contributed by atoms with Crippen molar-refractivity contribution in [2.75, 3.05) is 19.3 Å². The molecule has 1 aliphatic rings. The summed E-state index contributed by atoms with van der Waals surface area (Å²) in [5, 5.41) is 9.11. The van der Waals surface area contributed by atoms with Crippen molar-refractivity contribution >= 4 is 27.8 Å². The van der Waals surface area contributed by atoms with Crippen LogP contribution >= 0.6 is 11.8 Å². The van der Waals surface area contributed by atoms with Gasteiger partial charge in [0.2, 0.25) is 10.0 Å². The van der Waals surface area contributed by atoms with Gasteiger partial charge in [0.25, 0.3) is 0 Å². The lowest BCUT2D eigenvalue weighted by Gasteiger charge is -2.36. The maximum absolute atomic E-state index is 12.1. The van der Waals surface area contributed by atoms with Gasteiger partial charge in [0.15, 0.2) is 0 Å². The third-order valence-electron chi connectivity index (χ3n) is 4.52. The fraction of sp³-hybridized carbons (Fsp3) is 0.316. The van der Waals surface area contributed by atoms with Crippen LogP contribution < -0.4 is 0 Å². The molecule has 2 aromatic rings. The van der Waals surface area contributed by atoms with Gasteiger partial charge in [-0.15, -0.1) is 11.8 Å². The van der Waals surface area contributed by atoms with Crippen LogP contribution in [0.3, 0.4) is 0 Å². The second kappa shape index (κ2) is 7.82. The van der Waals surface area contributed by atoms with Gasteiger partial charge in [-0.1, -0.05) is 30.3 Å². The molecule has 5 nitrogen and oxygen atoms in total. The molecule has 1 heterocycles. The molecule has 0 amide bonds. The van der Waals surface area contributed by atoms with Crippen LogP contribution in [0.25, 0.3) is 0 Å². The molecule has 1 N–H and O–H groups in total. The Hall–Kier alpha value is -1.83. The summed E-state index contributed by atoms with van der Waals surface area (Å²) in [5.41, 5.74) is 1.39.